The van der Waals surface area contributed by atoms with Crippen LogP contribution in [0.1, 0.15) is 38.8 Å². The zero-order valence-electron chi connectivity index (χ0n) is 12.4. The molecule has 1 aliphatic heterocycles. The minimum atomic E-state index is 0.349. The lowest BCUT2D eigenvalue weighted by Gasteiger charge is -2.41. The van der Waals surface area contributed by atoms with Crippen molar-refractivity contribution in [2.45, 2.75) is 45.3 Å². The van der Waals surface area contributed by atoms with E-state index < -0.39 is 0 Å². The van der Waals surface area contributed by atoms with E-state index in [2.05, 4.69) is 50.2 Å². The molecule has 1 saturated heterocycles. The van der Waals surface area contributed by atoms with Gasteiger partial charge in [-0.3, -0.25) is 0 Å². The Morgan fingerprint density at radius 3 is 2.79 bits per heavy atom. The number of piperidine rings is 1. The maximum absolute atomic E-state index is 6.07. The van der Waals surface area contributed by atoms with Gasteiger partial charge in [-0.15, -0.1) is 0 Å². The summed E-state index contributed by atoms with van der Waals surface area (Å²) in [6.07, 6.45) is 1.21. The van der Waals surface area contributed by atoms with E-state index in [0.29, 0.717) is 24.0 Å². The van der Waals surface area contributed by atoms with Crippen molar-refractivity contribution < 1.29 is 0 Å². The Morgan fingerprint density at radius 2 is 2.11 bits per heavy atom. The second kappa shape index (κ2) is 6.25. The summed E-state index contributed by atoms with van der Waals surface area (Å²) < 4.78 is 0. The molecule has 2 rings (SSSR count). The molecule has 106 valence electrons. The van der Waals surface area contributed by atoms with Crippen LogP contribution in [0.2, 0.25) is 5.02 Å². The Bertz CT molecular complexity index is 421. The molecule has 1 aliphatic rings. The lowest BCUT2D eigenvalue weighted by atomic mass is 9.89. The van der Waals surface area contributed by atoms with Crippen molar-refractivity contribution in [2.75, 3.05) is 13.6 Å². The van der Waals surface area contributed by atoms with Crippen LogP contribution < -0.4 is 5.32 Å². The monoisotopic (exact) mass is 280 g/mol. The molecule has 0 aromatic heterocycles. The maximum atomic E-state index is 6.07. The minimum Gasteiger partial charge on any atom is -0.307 e. The van der Waals surface area contributed by atoms with Crippen molar-refractivity contribution in [2.24, 2.45) is 5.92 Å². The fraction of sp³-hybridized carbons (Fsp3) is 0.625. The Hall–Kier alpha value is -0.570. The van der Waals surface area contributed by atoms with Crippen molar-refractivity contribution in [3.63, 3.8) is 0 Å². The summed E-state index contributed by atoms with van der Waals surface area (Å²) >= 11 is 6.07. The summed E-state index contributed by atoms with van der Waals surface area (Å²) in [6.45, 7) is 8.04. The molecular weight excluding hydrogens is 256 g/mol. The zero-order valence-corrected chi connectivity index (χ0v) is 13.1. The number of benzene rings is 1. The van der Waals surface area contributed by atoms with Crippen LogP contribution in [0.4, 0.5) is 0 Å². The van der Waals surface area contributed by atoms with Gasteiger partial charge in [0.1, 0.15) is 0 Å². The number of rotatable bonds is 3. The lowest BCUT2D eigenvalue weighted by molar-refractivity contribution is 0.116. The molecule has 1 aromatic rings. The number of likely N-dealkylation sites (tertiary alicyclic amines) is 1. The van der Waals surface area contributed by atoms with Crippen LogP contribution in [0.25, 0.3) is 0 Å². The van der Waals surface area contributed by atoms with Crippen molar-refractivity contribution in [1.29, 1.82) is 0 Å². The van der Waals surface area contributed by atoms with Crippen molar-refractivity contribution >= 4 is 11.6 Å². The van der Waals surface area contributed by atoms with Gasteiger partial charge in [0.25, 0.3) is 0 Å². The van der Waals surface area contributed by atoms with E-state index in [1.165, 1.54) is 18.5 Å². The van der Waals surface area contributed by atoms with Gasteiger partial charge in [-0.2, -0.15) is 0 Å². The fourth-order valence-corrected chi connectivity index (χ4v) is 3.17. The highest BCUT2D eigenvalue weighted by atomic mass is 35.5. The van der Waals surface area contributed by atoms with Gasteiger partial charge in [0, 0.05) is 29.7 Å². The molecule has 0 radical (unpaired) electrons. The van der Waals surface area contributed by atoms with E-state index in [1.54, 1.807) is 0 Å². The third kappa shape index (κ3) is 3.71. The molecule has 2 nitrogen and oxygen atoms in total. The van der Waals surface area contributed by atoms with Gasteiger partial charge in [0.2, 0.25) is 0 Å². The fourth-order valence-electron chi connectivity index (χ4n) is 2.97. The topological polar surface area (TPSA) is 15.3 Å². The van der Waals surface area contributed by atoms with Gasteiger partial charge in [0.05, 0.1) is 0 Å². The Balaban J connectivity index is 2.00. The summed E-state index contributed by atoms with van der Waals surface area (Å²) in [5.41, 5.74) is 1.27. The highest BCUT2D eigenvalue weighted by Gasteiger charge is 2.29. The highest BCUT2D eigenvalue weighted by molar-refractivity contribution is 6.30. The molecule has 1 heterocycles. The molecule has 3 unspecified atom stereocenters. The van der Waals surface area contributed by atoms with Crippen molar-refractivity contribution in [3.05, 3.63) is 34.9 Å². The van der Waals surface area contributed by atoms with Gasteiger partial charge in [-0.25, -0.2) is 0 Å². The average Bonchev–Trinajstić information content (AvgIpc) is 2.36. The number of nitrogens with one attached hydrogen (secondary N) is 1. The van der Waals surface area contributed by atoms with E-state index >= 15 is 0 Å². The third-order valence-electron chi connectivity index (χ3n) is 4.42. The van der Waals surface area contributed by atoms with Crippen LogP contribution in [0.15, 0.2) is 24.3 Å². The molecule has 0 bridgehead atoms. The molecule has 0 spiro atoms. The number of hydrogen-bond donors (Lipinski definition) is 1. The normalized spacial score (nSPS) is 30.3. The smallest absolute Gasteiger partial charge is 0.0409 e. The third-order valence-corrected chi connectivity index (χ3v) is 4.66. The molecule has 1 N–H and O–H groups in total. The van der Waals surface area contributed by atoms with Crippen molar-refractivity contribution in [3.8, 4) is 0 Å². The molecule has 0 amide bonds. The molecule has 1 fully saturated rings. The van der Waals surface area contributed by atoms with Crippen LogP contribution >= 0.6 is 11.6 Å². The van der Waals surface area contributed by atoms with Crippen molar-refractivity contribution in [1.82, 2.24) is 10.2 Å². The largest absolute Gasteiger partial charge is 0.307 e. The summed E-state index contributed by atoms with van der Waals surface area (Å²) in [4.78, 5) is 2.45. The SMILES string of the molecule is CC1CN(C)C(C)CC1N[C@@H](C)c1cccc(Cl)c1. The molecule has 19 heavy (non-hydrogen) atoms. The first-order chi connectivity index (χ1) is 8.97. The van der Waals surface area contributed by atoms with Crippen LogP contribution in [-0.2, 0) is 0 Å². The average molecular weight is 281 g/mol. The van der Waals surface area contributed by atoms with Crippen LogP contribution in [-0.4, -0.2) is 30.6 Å². The lowest BCUT2D eigenvalue weighted by Crippen LogP contribution is -2.51. The first-order valence-electron chi connectivity index (χ1n) is 7.19. The van der Waals surface area contributed by atoms with Gasteiger partial charge in [-0.05, 0) is 50.9 Å². The molecule has 4 atom stereocenters. The molecule has 0 aliphatic carbocycles. The van der Waals surface area contributed by atoms with Gasteiger partial charge in [-0.1, -0.05) is 30.7 Å². The van der Waals surface area contributed by atoms with Gasteiger partial charge >= 0.3 is 0 Å². The molecule has 0 saturated carbocycles. The first kappa shape index (κ1) is 14.8. The number of halogens is 1. The summed E-state index contributed by atoms with van der Waals surface area (Å²) in [7, 11) is 2.22. The maximum Gasteiger partial charge on any atom is 0.0409 e. The van der Waals surface area contributed by atoms with Crippen LogP contribution in [0, 0.1) is 5.92 Å². The quantitative estimate of drug-likeness (QED) is 0.908. The van der Waals surface area contributed by atoms with E-state index in [-0.39, 0.29) is 0 Å². The molecule has 3 heteroatoms. The second-order valence-corrected chi connectivity index (χ2v) is 6.49. The van der Waals surface area contributed by atoms with E-state index in [9.17, 15) is 0 Å². The van der Waals surface area contributed by atoms with Gasteiger partial charge in [0.15, 0.2) is 0 Å². The predicted octanol–water partition coefficient (Wildman–Crippen LogP) is 3.72. The van der Waals surface area contributed by atoms with Crippen LogP contribution in [0.5, 0.6) is 0 Å². The van der Waals surface area contributed by atoms with Crippen LogP contribution in [0.3, 0.4) is 0 Å². The Morgan fingerprint density at radius 1 is 1.37 bits per heavy atom. The summed E-state index contributed by atoms with van der Waals surface area (Å²) in [5.74, 6) is 0.683. The standard InChI is InChI=1S/C16H25ClN2/c1-11-10-19(4)12(2)8-16(11)18-13(3)14-6-5-7-15(17)9-14/h5-7,9,11-13,16,18H,8,10H2,1-4H3/t11?,12?,13-,16?/m0/s1. The Kier molecular flexibility index (Phi) is 4.88. The number of nitrogens with zero attached hydrogens (tertiary/aromatic N) is 1. The van der Waals surface area contributed by atoms with E-state index in [0.717, 1.165) is 5.02 Å². The minimum absolute atomic E-state index is 0.349. The zero-order chi connectivity index (χ0) is 14.0. The highest BCUT2D eigenvalue weighted by Crippen LogP contribution is 2.24. The van der Waals surface area contributed by atoms with E-state index in [4.69, 9.17) is 11.6 Å². The predicted molar refractivity (Wildman–Crippen MR) is 82.7 cm³/mol. The van der Waals surface area contributed by atoms with E-state index in [1.807, 2.05) is 12.1 Å². The first-order valence-corrected chi connectivity index (χ1v) is 7.57. The molecule has 1 aromatic carbocycles. The number of hydrogen-bond acceptors (Lipinski definition) is 2. The summed E-state index contributed by atoms with van der Waals surface area (Å²) in [5, 5.41) is 4.59. The molecular formula is C16H25ClN2. The second-order valence-electron chi connectivity index (χ2n) is 6.05. The van der Waals surface area contributed by atoms with Gasteiger partial charge < -0.3 is 10.2 Å². The Labute approximate surface area is 122 Å². The summed E-state index contributed by atoms with van der Waals surface area (Å²) in [6, 6.07) is 9.74.